The van der Waals surface area contributed by atoms with Crippen LogP contribution in [0.25, 0.3) is 0 Å². The van der Waals surface area contributed by atoms with Crippen molar-refractivity contribution in [2.45, 2.75) is 55.9 Å². The van der Waals surface area contributed by atoms with Crippen molar-refractivity contribution >= 4 is 41.0 Å². The summed E-state index contributed by atoms with van der Waals surface area (Å²) in [4.78, 5) is 16.0. The highest BCUT2D eigenvalue weighted by molar-refractivity contribution is 8.01. The van der Waals surface area contributed by atoms with Crippen molar-refractivity contribution in [1.82, 2.24) is 0 Å². The molecule has 1 aliphatic rings. The van der Waals surface area contributed by atoms with Gasteiger partial charge in [0.1, 0.15) is 0 Å². The van der Waals surface area contributed by atoms with E-state index in [2.05, 4.69) is 17.7 Å². The van der Waals surface area contributed by atoms with E-state index in [1.807, 2.05) is 23.9 Å². The van der Waals surface area contributed by atoms with E-state index < -0.39 is 5.51 Å². The number of unbranched alkanes of at least 4 members (excludes halogenated alkanes) is 4. The van der Waals surface area contributed by atoms with Gasteiger partial charge in [-0.25, -0.2) is 0 Å². The summed E-state index contributed by atoms with van der Waals surface area (Å²) < 4.78 is 40.0. The van der Waals surface area contributed by atoms with Crippen LogP contribution in [-0.4, -0.2) is 23.7 Å². The molecule has 3 nitrogen and oxygen atoms in total. The van der Waals surface area contributed by atoms with E-state index in [1.165, 1.54) is 43.1 Å². The first-order valence-electron chi connectivity index (χ1n) is 10.6. The second-order valence-corrected chi connectivity index (χ2v) is 9.49. The van der Waals surface area contributed by atoms with Gasteiger partial charge < -0.3 is 9.62 Å². The first kappa shape index (κ1) is 23.9. The lowest BCUT2D eigenvalue weighted by Gasteiger charge is -2.20. The molecule has 0 bridgehead atoms. The highest BCUT2D eigenvalue weighted by Crippen LogP contribution is 2.36. The van der Waals surface area contributed by atoms with Gasteiger partial charge in [-0.1, -0.05) is 44.7 Å². The lowest BCUT2D eigenvalue weighted by atomic mass is 10.1. The van der Waals surface area contributed by atoms with Crippen molar-refractivity contribution in [2.24, 2.45) is 0 Å². The maximum absolute atomic E-state index is 13.1. The van der Waals surface area contributed by atoms with Gasteiger partial charge in [-0.3, -0.25) is 4.79 Å². The van der Waals surface area contributed by atoms with Gasteiger partial charge >= 0.3 is 5.51 Å². The van der Waals surface area contributed by atoms with E-state index in [-0.39, 0.29) is 29.1 Å². The molecule has 1 amide bonds. The van der Waals surface area contributed by atoms with Gasteiger partial charge in [-0.15, -0.1) is 11.8 Å². The minimum absolute atomic E-state index is 0.165. The Hall–Kier alpha value is -1.80. The Morgan fingerprint density at radius 1 is 1.10 bits per heavy atom. The number of carbonyl (C=O) groups is 1. The number of alkyl halides is 3. The highest BCUT2D eigenvalue weighted by Gasteiger charge is 2.31. The van der Waals surface area contributed by atoms with Crippen LogP contribution in [0.15, 0.2) is 47.4 Å². The fourth-order valence-electron chi connectivity index (χ4n) is 3.59. The summed E-state index contributed by atoms with van der Waals surface area (Å²) in [7, 11) is 0. The summed E-state index contributed by atoms with van der Waals surface area (Å²) >= 11 is 1.48. The third-order valence-corrected chi connectivity index (χ3v) is 6.78. The summed E-state index contributed by atoms with van der Waals surface area (Å²) in [5.74, 6) is 0.794. The lowest BCUT2D eigenvalue weighted by molar-refractivity contribution is -0.0323. The van der Waals surface area contributed by atoms with Crippen molar-refractivity contribution in [3.8, 4) is 0 Å². The largest absolute Gasteiger partial charge is 0.461 e. The molecule has 0 spiro atoms. The van der Waals surface area contributed by atoms with Crippen LogP contribution < -0.4 is 9.62 Å². The number of thioether (sulfide) groups is 1. The van der Waals surface area contributed by atoms with Gasteiger partial charge in [-0.05, 0) is 54.5 Å². The minimum atomic E-state index is -4.43. The van der Waals surface area contributed by atoms with Crippen molar-refractivity contribution < 1.29 is 18.0 Å². The van der Waals surface area contributed by atoms with Gasteiger partial charge in [-0.2, -0.15) is 13.2 Å². The van der Waals surface area contributed by atoms with Gasteiger partial charge in [0.2, 0.25) is 0 Å². The summed E-state index contributed by atoms with van der Waals surface area (Å²) in [5.41, 5.74) is -2.08. The number of halogens is 3. The molecular weight excluding hydrogens is 441 g/mol. The Kier molecular flexibility index (Phi) is 8.60. The molecule has 168 valence electrons. The molecule has 0 saturated carbocycles. The Morgan fingerprint density at radius 2 is 1.87 bits per heavy atom. The number of nitrogens with zero attached hydrogens (tertiary/aromatic N) is 1. The van der Waals surface area contributed by atoms with Crippen molar-refractivity contribution in [2.75, 3.05) is 21.9 Å². The number of anilines is 2. The van der Waals surface area contributed by atoms with Crippen LogP contribution in [-0.2, 0) is 6.42 Å². The van der Waals surface area contributed by atoms with E-state index in [0.717, 1.165) is 23.4 Å². The predicted molar refractivity (Wildman–Crippen MR) is 125 cm³/mol. The second-order valence-electron chi connectivity index (χ2n) is 7.46. The zero-order chi connectivity index (χ0) is 22.3. The first-order valence-corrected chi connectivity index (χ1v) is 12.4. The Morgan fingerprint density at radius 3 is 2.65 bits per heavy atom. The molecule has 2 aromatic rings. The standard InChI is InChI=1S/C23H27F3N2OS2/c1-2-3-4-5-8-15-30-18-11-12-21-17(16-18)13-14-28(21)22(29)19-9-6-7-10-20(19)27-31-23(24,25)26/h6-7,9-12,16,27H,2-5,8,13-15H2,1H3. The third kappa shape index (κ3) is 6.84. The lowest BCUT2D eigenvalue weighted by Crippen LogP contribution is -2.29. The van der Waals surface area contributed by atoms with E-state index in [9.17, 15) is 18.0 Å². The average molecular weight is 469 g/mol. The molecule has 0 saturated heterocycles. The molecule has 3 rings (SSSR count). The summed E-state index contributed by atoms with van der Waals surface area (Å²) in [6.07, 6.45) is 7.03. The van der Waals surface area contributed by atoms with Crippen molar-refractivity contribution in [3.63, 3.8) is 0 Å². The normalized spacial score (nSPS) is 13.4. The molecule has 31 heavy (non-hydrogen) atoms. The number of fused-ring (bicyclic) bond motifs is 1. The molecule has 1 aliphatic heterocycles. The van der Waals surface area contributed by atoms with Crippen LogP contribution in [0.3, 0.4) is 0 Å². The van der Waals surface area contributed by atoms with Crippen LogP contribution >= 0.6 is 23.7 Å². The second kappa shape index (κ2) is 11.2. The molecule has 0 aliphatic carbocycles. The number of rotatable bonds is 10. The van der Waals surface area contributed by atoms with Crippen molar-refractivity contribution in [3.05, 3.63) is 53.6 Å². The summed E-state index contributed by atoms with van der Waals surface area (Å²) in [5, 5.41) is 0. The van der Waals surface area contributed by atoms with Crippen LogP contribution in [0, 0.1) is 0 Å². The zero-order valence-corrected chi connectivity index (χ0v) is 19.1. The number of benzene rings is 2. The number of hydrogen-bond donors (Lipinski definition) is 1. The fraction of sp³-hybridized carbons (Fsp3) is 0.435. The van der Waals surface area contributed by atoms with Crippen molar-refractivity contribution in [1.29, 1.82) is 0 Å². The first-order chi connectivity index (χ1) is 14.9. The minimum Gasteiger partial charge on any atom is -0.322 e. The maximum atomic E-state index is 13.1. The molecule has 0 aromatic heterocycles. The molecule has 8 heteroatoms. The van der Waals surface area contributed by atoms with Crippen LogP contribution in [0.4, 0.5) is 24.5 Å². The van der Waals surface area contributed by atoms with Crippen LogP contribution in [0.5, 0.6) is 0 Å². The summed E-state index contributed by atoms with van der Waals surface area (Å²) in [6, 6.07) is 12.5. The Balaban J connectivity index is 1.64. The van der Waals surface area contributed by atoms with Crippen LogP contribution in [0.1, 0.15) is 54.9 Å². The maximum Gasteiger partial charge on any atom is 0.461 e. The van der Waals surface area contributed by atoms with E-state index in [0.29, 0.717) is 6.54 Å². The number of hydrogen-bond acceptors (Lipinski definition) is 4. The Bertz CT molecular complexity index is 889. The average Bonchev–Trinajstić information content (AvgIpc) is 3.17. The molecule has 0 atom stereocenters. The van der Waals surface area contributed by atoms with Crippen LogP contribution in [0.2, 0.25) is 0 Å². The smallest absolute Gasteiger partial charge is 0.322 e. The van der Waals surface area contributed by atoms with E-state index in [4.69, 9.17) is 0 Å². The number of nitrogens with one attached hydrogen (secondary N) is 1. The van der Waals surface area contributed by atoms with Gasteiger partial charge in [0.15, 0.2) is 0 Å². The molecule has 0 radical (unpaired) electrons. The van der Waals surface area contributed by atoms with Gasteiger partial charge in [0.05, 0.1) is 23.2 Å². The quantitative estimate of drug-likeness (QED) is 0.222. The number of amides is 1. The summed E-state index contributed by atoms with van der Waals surface area (Å²) in [6.45, 7) is 2.74. The Labute approximate surface area is 190 Å². The zero-order valence-electron chi connectivity index (χ0n) is 17.5. The molecule has 1 N–H and O–H groups in total. The van der Waals surface area contributed by atoms with Gasteiger partial charge in [0, 0.05) is 17.1 Å². The number of para-hydroxylation sites is 1. The fourth-order valence-corrected chi connectivity index (χ4v) is 4.97. The molecule has 2 aromatic carbocycles. The molecule has 0 fully saturated rings. The van der Waals surface area contributed by atoms with E-state index in [1.54, 1.807) is 23.1 Å². The topological polar surface area (TPSA) is 32.3 Å². The highest BCUT2D eigenvalue weighted by atomic mass is 32.2. The molecular formula is C23H27F3N2OS2. The van der Waals surface area contributed by atoms with E-state index >= 15 is 0 Å². The SMILES string of the molecule is CCCCCCCSc1ccc2c(c1)CCN2C(=O)c1ccccc1NSC(F)(F)F. The molecule has 1 heterocycles. The monoisotopic (exact) mass is 468 g/mol. The third-order valence-electron chi connectivity index (χ3n) is 5.14. The molecule has 0 unspecified atom stereocenters. The number of carbonyl (C=O) groups excluding carboxylic acids is 1. The van der Waals surface area contributed by atoms with Gasteiger partial charge in [0.25, 0.3) is 5.91 Å². The predicted octanol–water partition coefficient (Wildman–Crippen LogP) is 7.53.